The summed E-state index contributed by atoms with van der Waals surface area (Å²) in [5.74, 6) is -0.833. The van der Waals surface area contributed by atoms with E-state index < -0.39 is 107 Å². The van der Waals surface area contributed by atoms with Gasteiger partial charge in [-0.1, -0.05) is 182 Å². The maximum Gasteiger partial charge on any atom is 0.516 e. The van der Waals surface area contributed by atoms with E-state index in [0.717, 1.165) is 6.92 Å². The minimum atomic E-state index is -5.81. The van der Waals surface area contributed by atoms with Crippen LogP contribution in [0.1, 0.15) is 76.6 Å². The zero-order valence-corrected chi connectivity index (χ0v) is 46.6. The van der Waals surface area contributed by atoms with Gasteiger partial charge in [-0.05, 0) is 33.4 Å². The number of carboxylic acid groups (broad SMARTS) is 1. The molecule has 0 saturated heterocycles. The molecule has 3 aliphatic rings. The molecule has 4 N–H and O–H groups in total. The number of carboxylic acids is 1. The third-order valence-corrected chi connectivity index (χ3v) is 16.0. The molecule has 3 heterocycles. The minimum absolute atomic E-state index is 0. The van der Waals surface area contributed by atoms with Crippen LogP contribution in [-0.4, -0.2) is 99.2 Å². The maximum atomic E-state index is 13.1. The summed E-state index contributed by atoms with van der Waals surface area (Å²) >= 11 is 0. The maximum absolute atomic E-state index is 13.1. The summed E-state index contributed by atoms with van der Waals surface area (Å²) in [5, 5.41) is 37.3. The van der Waals surface area contributed by atoms with Crippen LogP contribution in [0.4, 0.5) is 39.5 Å². The monoisotopic (exact) mass is 1380 g/mol. The van der Waals surface area contributed by atoms with Gasteiger partial charge in [-0.25, -0.2) is 27.9 Å². The smallest absolute Gasteiger partial charge is 0.481 e. The van der Waals surface area contributed by atoms with Gasteiger partial charge in [0.15, 0.2) is 0 Å². The molecule has 9 rings (SSSR count). The second kappa shape index (κ2) is 26.8. The van der Waals surface area contributed by atoms with Gasteiger partial charge in [0.2, 0.25) is 0 Å². The van der Waals surface area contributed by atoms with E-state index in [-0.39, 0.29) is 68.6 Å². The van der Waals surface area contributed by atoms with Gasteiger partial charge in [0.25, 0.3) is 24.0 Å². The summed E-state index contributed by atoms with van der Waals surface area (Å²) in [7, 11) is -17.4. The topological polar surface area (TPSA) is 247 Å². The Balaban J connectivity index is 0.000000250. The molecule has 31 heteroatoms. The summed E-state index contributed by atoms with van der Waals surface area (Å²) in [6.45, 7) is 1.08. The molecule has 0 saturated carbocycles. The second-order valence-corrected chi connectivity index (χ2v) is 22.1. The number of hydrogen-bond donors (Lipinski definition) is 4. The number of aliphatic hydroxyl groups excluding tert-OH is 3. The number of aliphatic hydroxyl groups is 3. The molecule has 2 radical (unpaired) electrons. The van der Waals surface area contributed by atoms with Crippen molar-refractivity contribution in [3.63, 3.8) is 0 Å². The standard InChI is InChI=1S/3C16H13F3N2O3S.C2H4O2.2Rh/c3*17-16(18,19)25(23,24)21-14(12-9-5-2-6-10-12)13(20-15(21)22)11-7-3-1-4-8-11;1-2(3)4;;/h3*1-10,13-14H,(H,20,22);1H3,(H,3,4);;/t3*13-,14-;;;/m000.../s1. The number of aliphatic imine (C=N–C) groups is 3. The number of sulfonamides is 3. The van der Waals surface area contributed by atoms with Gasteiger partial charge in [-0.3, -0.25) is 4.79 Å². The Bertz CT molecular complexity index is 3130. The summed E-state index contributed by atoms with van der Waals surface area (Å²) < 4.78 is 189. The molecule has 17 nitrogen and oxygen atoms in total. The Labute approximate surface area is 483 Å². The van der Waals surface area contributed by atoms with Crippen molar-refractivity contribution in [2.75, 3.05) is 0 Å². The Morgan fingerprint density at radius 3 is 0.667 bits per heavy atom. The van der Waals surface area contributed by atoms with Gasteiger partial charge in [0.1, 0.15) is 36.3 Å². The van der Waals surface area contributed by atoms with Crippen LogP contribution >= 0.6 is 0 Å². The van der Waals surface area contributed by atoms with E-state index in [2.05, 4.69) is 15.0 Å². The normalized spacial score (nSPS) is 20.0. The average Bonchev–Trinajstić information content (AvgIpc) is 4.08. The number of hydrogen-bond acceptors (Lipinski definition) is 10. The molecular weight excluding hydrogens is 1330 g/mol. The van der Waals surface area contributed by atoms with Crippen LogP contribution in [0.15, 0.2) is 197 Å². The SMILES string of the molecule is CC(=O)O.O=S(=O)(N1C(O)=N[C@@H](c2ccccc2)[C@@H]1c1ccccc1)C(F)(F)F.O=S(=O)(N1C(O)=N[C@@H](c2ccccc2)[C@@H]1c1ccccc1)C(F)(F)F.O=S(=O)(N1C(O)=N[C@@H](c2ccccc2)[C@@H]1c1ccccc1)C(F)(F)F.[Rh].[Rh]. The van der Waals surface area contributed by atoms with Gasteiger partial charge in [0.05, 0.1) is 0 Å². The molecule has 438 valence electrons. The first kappa shape index (κ1) is 66.6. The Kier molecular flexibility index (Phi) is 22.0. The van der Waals surface area contributed by atoms with Crippen molar-refractivity contribution in [3.8, 4) is 0 Å². The summed E-state index contributed by atoms with van der Waals surface area (Å²) in [4.78, 5) is 20.4. The first-order valence-electron chi connectivity index (χ1n) is 22.5. The molecule has 3 aliphatic heterocycles. The molecule has 0 aromatic heterocycles. The number of nitrogens with zero attached hydrogens (tertiary/aromatic N) is 6. The van der Waals surface area contributed by atoms with Crippen molar-refractivity contribution >= 4 is 54.1 Å². The van der Waals surface area contributed by atoms with E-state index in [1.54, 1.807) is 146 Å². The first-order chi connectivity index (χ1) is 36.9. The average molecular weight is 1380 g/mol. The van der Waals surface area contributed by atoms with E-state index in [1.807, 2.05) is 0 Å². The number of rotatable bonds is 9. The predicted molar refractivity (Wildman–Crippen MR) is 269 cm³/mol. The van der Waals surface area contributed by atoms with E-state index in [0.29, 0.717) is 16.7 Å². The largest absolute Gasteiger partial charge is 0.516 e. The number of carbonyl (C=O) groups is 1. The quantitative estimate of drug-likeness (QED) is 0.0783. The molecule has 0 spiro atoms. The Hall–Kier alpha value is -6.93. The zero-order chi connectivity index (χ0) is 58.3. The van der Waals surface area contributed by atoms with Gasteiger partial charge in [-0.15, -0.1) is 0 Å². The van der Waals surface area contributed by atoms with E-state index in [1.165, 1.54) is 36.4 Å². The van der Waals surface area contributed by atoms with Crippen molar-refractivity contribution in [2.45, 2.75) is 59.7 Å². The fourth-order valence-electron chi connectivity index (χ4n) is 8.24. The fourth-order valence-corrected chi connectivity index (χ4v) is 11.3. The van der Waals surface area contributed by atoms with Crippen LogP contribution in [-0.2, 0) is 73.8 Å². The van der Waals surface area contributed by atoms with E-state index in [4.69, 9.17) is 9.90 Å². The van der Waals surface area contributed by atoms with Crippen LogP contribution < -0.4 is 0 Å². The summed E-state index contributed by atoms with van der Waals surface area (Å²) in [6.07, 6.45) is 0. The van der Waals surface area contributed by atoms with Crippen LogP contribution in [0.25, 0.3) is 0 Å². The van der Waals surface area contributed by atoms with Gasteiger partial charge in [0, 0.05) is 45.9 Å². The number of aliphatic carboxylic acids is 1. The van der Waals surface area contributed by atoms with Crippen LogP contribution in [0.3, 0.4) is 0 Å². The molecule has 0 fully saturated rings. The summed E-state index contributed by atoms with van der Waals surface area (Å²) in [6, 6.07) is 37.6. The van der Waals surface area contributed by atoms with Gasteiger partial charge < -0.3 is 20.4 Å². The first-order valence-corrected chi connectivity index (χ1v) is 26.9. The summed E-state index contributed by atoms with van der Waals surface area (Å²) in [5.41, 5.74) is -14.3. The third-order valence-electron chi connectivity index (χ3n) is 11.5. The second-order valence-electron chi connectivity index (χ2n) is 16.7. The van der Waals surface area contributed by atoms with Crippen LogP contribution in [0.5, 0.6) is 0 Å². The molecule has 6 aromatic rings. The molecule has 81 heavy (non-hydrogen) atoms. The van der Waals surface area contributed by atoms with Crippen molar-refractivity contribution in [3.05, 3.63) is 215 Å². The molecule has 0 bridgehead atoms. The molecule has 6 atom stereocenters. The minimum Gasteiger partial charge on any atom is -0.481 e. The molecular formula is C50H43F9N6O11Rh2S3. The van der Waals surface area contributed by atoms with Crippen molar-refractivity contribution in [2.24, 2.45) is 15.0 Å². The molecule has 6 aromatic carbocycles. The van der Waals surface area contributed by atoms with E-state index in [9.17, 15) is 80.1 Å². The zero-order valence-electron chi connectivity index (χ0n) is 40.9. The Morgan fingerprint density at radius 2 is 0.519 bits per heavy atom. The van der Waals surface area contributed by atoms with Crippen LogP contribution in [0, 0.1) is 0 Å². The van der Waals surface area contributed by atoms with Crippen LogP contribution in [0.2, 0.25) is 0 Å². The number of amidine groups is 3. The number of alkyl halides is 9. The molecule has 0 amide bonds. The van der Waals surface area contributed by atoms with Crippen molar-refractivity contribution in [1.82, 2.24) is 12.9 Å². The Morgan fingerprint density at radius 1 is 0.370 bits per heavy atom. The van der Waals surface area contributed by atoms with Gasteiger partial charge >= 0.3 is 46.6 Å². The van der Waals surface area contributed by atoms with Crippen molar-refractivity contribution in [1.29, 1.82) is 0 Å². The number of halogens is 9. The number of benzene rings is 6. The van der Waals surface area contributed by atoms with Crippen molar-refractivity contribution < 1.29 is 129 Å². The van der Waals surface area contributed by atoms with Gasteiger partial charge in [-0.2, -0.15) is 64.8 Å². The fraction of sp³-hybridized carbons (Fsp3) is 0.200. The molecule has 0 unspecified atom stereocenters. The van der Waals surface area contributed by atoms with E-state index >= 15 is 0 Å². The third kappa shape index (κ3) is 14.8. The molecule has 0 aliphatic carbocycles. The predicted octanol–water partition coefficient (Wildman–Crippen LogP) is 10.7.